The molecule has 3 rings (SSSR count). The number of fused-ring (bicyclic) bond motifs is 1. The second kappa shape index (κ2) is 5.05. The molecule has 1 atom stereocenters. The zero-order chi connectivity index (χ0) is 16.1. The zero-order valence-electron chi connectivity index (χ0n) is 13.6. The number of carbonyl (C=O) groups excluding carboxylic acids is 1. The molecule has 0 spiro atoms. The Labute approximate surface area is 130 Å². The van der Waals surface area contributed by atoms with Crippen LogP contribution in [0.5, 0.6) is 0 Å². The highest BCUT2D eigenvalue weighted by Crippen LogP contribution is 2.29. The Morgan fingerprint density at radius 3 is 2.86 bits per heavy atom. The lowest BCUT2D eigenvalue weighted by molar-refractivity contribution is 0.0534. The van der Waals surface area contributed by atoms with Crippen LogP contribution in [0, 0.1) is 12.3 Å². The van der Waals surface area contributed by atoms with Gasteiger partial charge in [-0.3, -0.25) is 9.48 Å². The van der Waals surface area contributed by atoms with E-state index in [0.29, 0.717) is 18.7 Å². The fourth-order valence-electron chi connectivity index (χ4n) is 3.13. The van der Waals surface area contributed by atoms with Gasteiger partial charge < -0.3 is 10.6 Å². The summed E-state index contributed by atoms with van der Waals surface area (Å²) in [6, 6.07) is 1.99. The molecule has 118 valence electrons. The summed E-state index contributed by atoms with van der Waals surface area (Å²) >= 11 is 0. The van der Waals surface area contributed by atoms with E-state index < -0.39 is 0 Å². The number of hydrogen-bond acceptors (Lipinski definition) is 4. The number of hydrogen-bond donors (Lipinski definition) is 1. The van der Waals surface area contributed by atoms with Crippen molar-refractivity contribution in [2.24, 2.45) is 18.2 Å². The Balaban J connectivity index is 1.99. The monoisotopic (exact) mass is 301 g/mol. The number of aromatic nitrogens is 3. The van der Waals surface area contributed by atoms with Crippen LogP contribution in [0.4, 0.5) is 0 Å². The number of pyridine rings is 1. The van der Waals surface area contributed by atoms with Crippen molar-refractivity contribution < 1.29 is 4.79 Å². The van der Waals surface area contributed by atoms with Crippen molar-refractivity contribution in [3.8, 4) is 0 Å². The summed E-state index contributed by atoms with van der Waals surface area (Å²) in [4.78, 5) is 19.4. The first-order chi connectivity index (χ1) is 10.3. The molecule has 2 N–H and O–H groups in total. The molecule has 2 aromatic heterocycles. The largest absolute Gasteiger partial charge is 0.338 e. The van der Waals surface area contributed by atoms with Crippen LogP contribution in [0.25, 0.3) is 11.0 Å². The molecule has 3 heterocycles. The number of nitrogens with two attached hydrogens (primary N) is 1. The van der Waals surface area contributed by atoms with E-state index in [9.17, 15) is 4.79 Å². The van der Waals surface area contributed by atoms with Gasteiger partial charge in [0.25, 0.3) is 5.91 Å². The standard InChI is InChI=1S/C16H23N5O/c1-10-7-11(12-8-18-20(4)14(12)19-10)15(22)21-6-5-13(17)16(2,3)9-21/h7-8,13H,5-6,9,17H2,1-4H3. The minimum Gasteiger partial charge on any atom is -0.338 e. The maximum atomic E-state index is 13.0. The van der Waals surface area contributed by atoms with Crippen LogP contribution in [0.1, 0.15) is 36.3 Å². The number of rotatable bonds is 1. The molecule has 1 aliphatic rings. The third-order valence-corrected chi connectivity index (χ3v) is 4.66. The Kier molecular flexibility index (Phi) is 3.44. The van der Waals surface area contributed by atoms with Gasteiger partial charge in [-0.25, -0.2) is 4.98 Å². The Bertz CT molecular complexity index is 733. The number of nitrogens with zero attached hydrogens (tertiary/aromatic N) is 4. The van der Waals surface area contributed by atoms with Crippen LogP contribution in [-0.4, -0.2) is 44.7 Å². The van der Waals surface area contributed by atoms with Gasteiger partial charge in [0.2, 0.25) is 0 Å². The molecule has 1 fully saturated rings. The van der Waals surface area contributed by atoms with Gasteiger partial charge in [-0.05, 0) is 24.8 Å². The average Bonchev–Trinajstić information content (AvgIpc) is 2.82. The maximum Gasteiger partial charge on any atom is 0.254 e. The minimum atomic E-state index is -0.0654. The summed E-state index contributed by atoms with van der Waals surface area (Å²) in [5.74, 6) is 0.0449. The fraction of sp³-hybridized carbons (Fsp3) is 0.562. The number of likely N-dealkylation sites (tertiary alicyclic amines) is 1. The highest BCUT2D eigenvalue weighted by atomic mass is 16.2. The lowest BCUT2D eigenvalue weighted by atomic mass is 9.79. The van der Waals surface area contributed by atoms with Crippen LogP contribution in [0.15, 0.2) is 12.3 Å². The molecule has 0 saturated carbocycles. The average molecular weight is 301 g/mol. The lowest BCUT2D eigenvalue weighted by Gasteiger charge is -2.42. The number of amides is 1. The highest BCUT2D eigenvalue weighted by Gasteiger charge is 2.36. The van der Waals surface area contributed by atoms with E-state index in [0.717, 1.165) is 23.1 Å². The van der Waals surface area contributed by atoms with Gasteiger partial charge in [0, 0.05) is 31.9 Å². The molecule has 1 amide bonds. The smallest absolute Gasteiger partial charge is 0.254 e. The van der Waals surface area contributed by atoms with Gasteiger partial charge in [0.1, 0.15) is 0 Å². The van der Waals surface area contributed by atoms with Crippen molar-refractivity contribution in [2.45, 2.75) is 33.2 Å². The summed E-state index contributed by atoms with van der Waals surface area (Å²) in [6.45, 7) is 7.52. The first kappa shape index (κ1) is 15.0. The van der Waals surface area contributed by atoms with Crippen LogP contribution >= 0.6 is 0 Å². The minimum absolute atomic E-state index is 0.0449. The summed E-state index contributed by atoms with van der Waals surface area (Å²) in [5, 5.41) is 5.04. The fourth-order valence-corrected chi connectivity index (χ4v) is 3.13. The van der Waals surface area contributed by atoms with Crippen LogP contribution < -0.4 is 5.73 Å². The summed E-state index contributed by atoms with van der Waals surface area (Å²) in [7, 11) is 1.84. The van der Waals surface area contributed by atoms with Crippen molar-refractivity contribution >= 4 is 16.9 Å². The van der Waals surface area contributed by atoms with E-state index in [1.165, 1.54) is 0 Å². The van der Waals surface area contributed by atoms with E-state index in [-0.39, 0.29) is 17.4 Å². The van der Waals surface area contributed by atoms with Gasteiger partial charge in [-0.15, -0.1) is 0 Å². The molecule has 0 aromatic carbocycles. The highest BCUT2D eigenvalue weighted by molar-refractivity contribution is 6.05. The Morgan fingerprint density at radius 2 is 2.18 bits per heavy atom. The molecule has 22 heavy (non-hydrogen) atoms. The summed E-state index contributed by atoms with van der Waals surface area (Å²) < 4.78 is 1.70. The summed E-state index contributed by atoms with van der Waals surface area (Å²) in [6.07, 6.45) is 2.55. The SMILES string of the molecule is Cc1cc(C(=O)N2CCC(N)C(C)(C)C2)c2cnn(C)c2n1. The topological polar surface area (TPSA) is 77.0 Å². The Morgan fingerprint density at radius 1 is 1.45 bits per heavy atom. The first-order valence-electron chi connectivity index (χ1n) is 7.64. The molecular weight excluding hydrogens is 278 g/mol. The molecule has 1 unspecified atom stereocenters. The molecule has 6 nitrogen and oxygen atoms in total. The van der Waals surface area contributed by atoms with Crippen LogP contribution in [-0.2, 0) is 7.05 Å². The lowest BCUT2D eigenvalue weighted by Crippen LogP contribution is -2.54. The number of aryl methyl sites for hydroxylation is 2. The molecule has 0 radical (unpaired) electrons. The molecular formula is C16H23N5O. The van der Waals surface area contributed by atoms with Gasteiger partial charge in [-0.2, -0.15) is 5.10 Å². The molecule has 0 bridgehead atoms. The van der Waals surface area contributed by atoms with Gasteiger partial charge in [0.15, 0.2) is 5.65 Å². The molecule has 0 aliphatic carbocycles. The summed E-state index contributed by atoms with van der Waals surface area (Å²) in [5.41, 5.74) is 8.36. The van der Waals surface area contributed by atoms with Crippen molar-refractivity contribution in [3.63, 3.8) is 0 Å². The van der Waals surface area contributed by atoms with Crippen LogP contribution in [0.3, 0.4) is 0 Å². The Hall–Kier alpha value is -1.95. The normalized spacial score (nSPS) is 21.3. The third-order valence-electron chi connectivity index (χ3n) is 4.66. The predicted molar refractivity (Wildman–Crippen MR) is 85.5 cm³/mol. The second-order valence-corrected chi connectivity index (χ2v) is 6.93. The van der Waals surface area contributed by atoms with Crippen molar-refractivity contribution in [2.75, 3.05) is 13.1 Å². The van der Waals surface area contributed by atoms with E-state index in [1.54, 1.807) is 10.9 Å². The molecule has 6 heteroatoms. The first-order valence-corrected chi connectivity index (χ1v) is 7.64. The van der Waals surface area contributed by atoms with Crippen molar-refractivity contribution in [1.29, 1.82) is 0 Å². The quantitative estimate of drug-likeness (QED) is 0.865. The third kappa shape index (κ3) is 2.37. The van der Waals surface area contributed by atoms with Crippen molar-refractivity contribution in [3.05, 3.63) is 23.5 Å². The van der Waals surface area contributed by atoms with E-state index in [1.807, 2.05) is 24.9 Å². The molecule has 1 saturated heterocycles. The van der Waals surface area contributed by atoms with Gasteiger partial charge >= 0.3 is 0 Å². The zero-order valence-corrected chi connectivity index (χ0v) is 13.6. The number of carbonyl (C=O) groups is 1. The van der Waals surface area contributed by atoms with E-state index in [2.05, 4.69) is 23.9 Å². The predicted octanol–water partition coefficient (Wildman–Crippen LogP) is 1.48. The maximum absolute atomic E-state index is 13.0. The van der Waals surface area contributed by atoms with Gasteiger partial charge in [-0.1, -0.05) is 13.8 Å². The van der Waals surface area contributed by atoms with Crippen LogP contribution in [0.2, 0.25) is 0 Å². The van der Waals surface area contributed by atoms with E-state index >= 15 is 0 Å². The van der Waals surface area contributed by atoms with Crippen molar-refractivity contribution in [1.82, 2.24) is 19.7 Å². The second-order valence-electron chi connectivity index (χ2n) is 6.93. The number of piperidine rings is 1. The van der Waals surface area contributed by atoms with Gasteiger partial charge in [0.05, 0.1) is 17.1 Å². The molecule has 2 aromatic rings. The molecule has 1 aliphatic heterocycles. The van der Waals surface area contributed by atoms with E-state index in [4.69, 9.17) is 5.73 Å².